The Balaban J connectivity index is 1.24. The van der Waals surface area contributed by atoms with Crippen LogP contribution in [0.1, 0.15) is 67.1 Å². The second-order valence-electron chi connectivity index (χ2n) is 10.0. The van der Waals surface area contributed by atoms with E-state index in [9.17, 15) is 14.4 Å². The molecule has 12 heteroatoms. The summed E-state index contributed by atoms with van der Waals surface area (Å²) in [4.78, 5) is 22.5. The third kappa shape index (κ3) is 5.55. The van der Waals surface area contributed by atoms with Crippen molar-refractivity contribution in [3.05, 3.63) is 77.3 Å². The second-order valence-corrected chi connectivity index (χ2v) is 10.0. The fourth-order valence-electron chi connectivity index (χ4n) is 5.07. The zero-order chi connectivity index (χ0) is 28.3. The molecule has 1 amide bonds. The Kier molecular flexibility index (Phi) is 7.57. The largest absolute Gasteiger partial charge is 0.368 e. The van der Waals surface area contributed by atoms with Crippen molar-refractivity contribution >= 4 is 17.5 Å². The zero-order valence-corrected chi connectivity index (χ0v) is 22.5. The molecule has 0 spiro atoms. The summed E-state index contributed by atoms with van der Waals surface area (Å²) < 4.78 is 20.4. The van der Waals surface area contributed by atoms with Crippen LogP contribution >= 0.6 is 0 Å². The number of carbonyl (C=O) groups is 1. The number of hydrogen-bond acceptors (Lipinski definition) is 8. The van der Waals surface area contributed by atoms with Gasteiger partial charge in [-0.05, 0) is 63.3 Å². The van der Waals surface area contributed by atoms with Gasteiger partial charge in [0, 0.05) is 31.0 Å². The van der Waals surface area contributed by atoms with Gasteiger partial charge in [-0.15, -0.1) is 0 Å². The van der Waals surface area contributed by atoms with Gasteiger partial charge < -0.3 is 15.4 Å². The van der Waals surface area contributed by atoms with Gasteiger partial charge in [0.05, 0.1) is 29.7 Å². The average Bonchev–Trinajstić information content (AvgIpc) is 3.60. The summed E-state index contributed by atoms with van der Waals surface area (Å²) in [6.45, 7) is 3.79. The van der Waals surface area contributed by atoms with Crippen molar-refractivity contribution < 1.29 is 13.9 Å². The molecular weight excluding hydrogens is 513 g/mol. The minimum Gasteiger partial charge on any atom is -0.368 e. The fraction of sp³-hybridized carbons (Fsp3) is 0.357. The van der Waals surface area contributed by atoms with Gasteiger partial charge in [-0.2, -0.15) is 15.5 Å². The number of nitrogens with one attached hydrogen (secondary N) is 3. The highest BCUT2D eigenvalue weighted by atomic mass is 19.1. The molecule has 40 heavy (non-hydrogen) atoms. The Bertz CT molecular complexity index is 1530. The number of hydrogen-bond donors (Lipinski definition) is 3. The molecule has 11 nitrogen and oxygen atoms in total. The molecule has 1 saturated carbocycles. The number of pyridine rings is 2. The number of amides is 1. The van der Waals surface area contributed by atoms with Crippen LogP contribution in [-0.4, -0.2) is 48.6 Å². The summed E-state index contributed by atoms with van der Waals surface area (Å²) in [6.07, 6.45) is 6.24. The molecule has 1 aliphatic carbocycles. The maximum atomic E-state index is 13.5. The normalized spacial score (nSPS) is 19.5. The fourth-order valence-corrected chi connectivity index (χ4v) is 5.07. The Morgan fingerprint density at radius 1 is 1.25 bits per heavy atom. The van der Waals surface area contributed by atoms with E-state index in [-0.39, 0.29) is 17.9 Å². The third-order valence-electron chi connectivity index (χ3n) is 7.40. The highest BCUT2D eigenvalue weighted by molar-refractivity contribution is 5.85. The Morgan fingerprint density at radius 2 is 2.05 bits per heavy atom. The molecule has 0 aromatic carbocycles. The lowest BCUT2D eigenvalue weighted by molar-refractivity contribution is -0.148. The van der Waals surface area contributed by atoms with E-state index >= 15 is 0 Å². The maximum absolute atomic E-state index is 13.5. The number of nitrogens with zero attached hydrogens (tertiary/aromatic N) is 6. The molecular formula is C28H30FN9O2. The van der Waals surface area contributed by atoms with Crippen LogP contribution in [0.15, 0.2) is 48.9 Å². The average molecular weight is 544 g/mol. The van der Waals surface area contributed by atoms with Crippen LogP contribution in [-0.2, 0) is 9.53 Å². The summed E-state index contributed by atoms with van der Waals surface area (Å²) >= 11 is 0. The molecule has 206 valence electrons. The van der Waals surface area contributed by atoms with Crippen molar-refractivity contribution in [3.63, 3.8) is 0 Å². The molecule has 5 rings (SSSR count). The lowest BCUT2D eigenvalue weighted by Crippen LogP contribution is -2.50. The number of aromatic amines is 1. The Morgan fingerprint density at radius 3 is 2.65 bits per heavy atom. The third-order valence-corrected chi connectivity index (χ3v) is 7.40. The lowest BCUT2D eigenvalue weighted by Gasteiger charge is -2.38. The highest BCUT2D eigenvalue weighted by Gasteiger charge is 2.43. The van der Waals surface area contributed by atoms with Crippen LogP contribution in [0.3, 0.4) is 0 Å². The number of halogens is 1. The number of aromatic nitrogens is 6. The van der Waals surface area contributed by atoms with Gasteiger partial charge in [0.1, 0.15) is 17.5 Å². The van der Waals surface area contributed by atoms with Crippen molar-refractivity contribution in [2.24, 2.45) is 0 Å². The quantitative estimate of drug-likeness (QED) is 0.297. The van der Waals surface area contributed by atoms with E-state index < -0.39 is 11.4 Å². The van der Waals surface area contributed by atoms with E-state index in [0.717, 1.165) is 17.5 Å². The predicted molar refractivity (Wildman–Crippen MR) is 144 cm³/mol. The summed E-state index contributed by atoms with van der Waals surface area (Å²) in [5.74, 6) is 1.09. The standard InChI is InChI=1S/C28H30FN9O2/c1-17-12-24(37-36-17)34-23-6-4-20(13-30)26(35-23)19-8-10-28(40-3,11-9-19)27(39)33-18(2)21-5-7-25(31-14-21)38-16-22(29)15-32-38/h4-7,12,14-16,18-19H,8-11H2,1-3H3,(H,33,39)(H2,34,35,36,37)/t18-,19-,28+/m0/s1. The smallest absolute Gasteiger partial charge is 0.252 e. The van der Waals surface area contributed by atoms with E-state index in [1.807, 2.05) is 26.0 Å². The molecule has 1 fully saturated rings. The molecule has 0 bridgehead atoms. The van der Waals surface area contributed by atoms with Crippen molar-refractivity contribution in [1.29, 1.82) is 5.26 Å². The van der Waals surface area contributed by atoms with Gasteiger partial charge in [0.2, 0.25) is 0 Å². The van der Waals surface area contributed by atoms with Crippen molar-refractivity contribution in [3.8, 4) is 11.9 Å². The highest BCUT2D eigenvalue weighted by Crippen LogP contribution is 2.41. The number of rotatable bonds is 8. The molecule has 0 unspecified atom stereocenters. The number of H-pyrrole nitrogens is 1. The number of methoxy groups -OCH3 is 1. The second kappa shape index (κ2) is 11.2. The van der Waals surface area contributed by atoms with Crippen LogP contribution in [0.4, 0.5) is 16.0 Å². The molecule has 0 radical (unpaired) electrons. The lowest BCUT2D eigenvalue weighted by atomic mass is 9.76. The molecule has 1 aliphatic rings. The number of anilines is 2. The molecule has 4 aromatic heterocycles. The predicted octanol–water partition coefficient (Wildman–Crippen LogP) is 4.37. The Labute approximate surface area is 230 Å². The first-order chi connectivity index (χ1) is 19.3. The minimum absolute atomic E-state index is 0.00898. The zero-order valence-electron chi connectivity index (χ0n) is 22.5. The van der Waals surface area contributed by atoms with Gasteiger partial charge in [0.25, 0.3) is 5.91 Å². The minimum atomic E-state index is -0.986. The molecule has 1 atom stereocenters. The van der Waals surface area contributed by atoms with Gasteiger partial charge in [0.15, 0.2) is 17.5 Å². The van der Waals surface area contributed by atoms with Crippen LogP contribution in [0.2, 0.25) is 0 Å². The topological polar surface area (TPSA) is 146 Å². The SMILES string of the molecule is CO[C@]1(C(=O)N[C@@H](C)c2ccc(-n3cc(F)cn3)nc2)CC[C@H](c2nc(Nc3cc(C)[nH]n3)ccc2C#N)CC1. The summed E-state index contributed by atoms with van der Waals surface area (Å²) in [6, 6.07) is 10.9. The van der Waals surface area contributed by atoms with Crippen LogP contribution in [0.5, 0.6) is 0 Å². The molecule has 4 heterocycles. The van der Waals surface area contributed by atoms with Gasteiger partial charge in [-0.25, -0.2) is 19.0 Å². The molecule has 0 aliphatic heterocycles. The van der Waals surface area contributed by atoms with E-state index in [4.69, 9.17) is 9.72 Å². The van der Waals surface area contributed by atoms with Crippen molar-refractivity contribution in [2.45, 2.75) is 57.1 Å². The van der Waals surface area contributed by atoms with Gasteiger partial charge >= 0.3 is 0 Å². The van der Waals surface area contributed by atoms with Crippen LogP contribution in [0, 0.1) is 24.1 Å². The number of aryl methyl sites for hydroxylation is 1. The number of ether oxygens (including phenoxy) is 1. The van der Waals surface area contributed by atoms with Gasteiger partial charge in [-0.1, -0.05) is 6.07 Å². The first-order valence-corrected chi connectivity index (χ1v) is 13.0. The maximum Gasteiger partial charge on any atom is 0.252 e. The van der Waals surface area contributed by atoms with Crippen molar-refractivity contribution in [1.82, 2.24) is 35.3 Å². The number of carbonyl (C=O) groups excluding carboxylic acids is 1. The van der Waals surface area contributed by atoms with Crippen molar-refractivity contribution in [2.75, 3.05) is 12.4 Å². The monoisotopic (exact) mass is 543 g/mol. The molecule has 3 N–H and O–H groups in total. The summed E-state index contributed by atoms with van der Waals surface area (Å²) in [5.41, 5.74) is 1.96. The first kappa shape index (κ1) is 27.0. The van der Waals surface area contributed by atoms with Gasteiger partial charge in [-0.3, -0.25) is 9.89 Å². The van der Waals surface area contributed by atoms with E-state index in [1.54, 1.807) is 31.5 Å². The molecule has 0 saturated heterocycles. The molecule has 4 aromatic rings. The van der Waals surface area contributed by atoms with Crippen LogP contribution < -0.4 is 10.6 Å². The number of nitriles is 1. The van der Waals surface area contributed by atoms with Crippen LogP contribution in [0.25, 0.3) is 5.82 Å². The van der Waals surface area contributed by atoms with E-state index in [2.05, 4.69) is 37.0 Å². The summed E-state index contributed by atoms with van der Waals surface area (Å²) in [7, 11) is 1.56. The van der Waals surface area contributed by atoms with E-state index in [1.165, 1.54) is 10.9 Å². The Hall–Kier alpha value is -4.63. The first-order valence-electron chi connectivity index (χ1n) is 13.0. The van der Waals surface area contributed by atoms with E-state index in [0.29, 0.717) is 54.4 Å². The summed E-state index contributed by atoms with van der Waals surface area (Å²) in [5, 5.41) is 26.9.